The van der Waals surface area contributed by atoms with Crippen molar-refractivity contribution < 1.29 is 22.8 Å². The molecule has 1 rings (SSSR count). The van der Waals surface area contributed by atoms with Crippen molar-refractivity contribution in [3.05, 3.63) is 0 Å². The minimum atomic E-state index is -2.48. The molecule has 0 aromatic rings. The van der Waals surface area contributed by atoms with E-state index in [1.165, 1.54) is 0 Å². The second-order valence-electron chi connectivity index (χ2n) is 5.74. The van der Waals surface area contributed by atoms with Gasteiger partial charge in [0, 0.05) is 25.9 Å². The molecule has 0 aromatic carbocycles. The van der Waals surface area contributed by atoms with Crippen LogP contribution in [0.25, 0.3) is 0 Å². The van der Waals surface area contributed by atoms with E-state index in [-0.39, 0.29) is 6.10 Å². The van der Waals surface area contributed by atoms with Gasteiger partial charge in [0.2, 0.25) is 0 Å². The van der Waals surface area contributed by atoms with E-state index >= 15 is 0 Å². The monoisotopic (exact) mass is 334 g/mol. The average Bonchev–Trinajstić information content (AvgIpc) is 3.32. The number of rotatable bonds is 15. The van der Waals surface area contributed by atoms with Gasteiger partial charge in [0.05, 0.1) is 19.3 Å². The van der Waals surface area contributed by atoms with Gasteiger partial charge in [0.15, 0.2) is 0 Å². The minimum absolute atomic E-state index is 0.249. The first-order chi connectivity index (χ1) is 10.7. The van der Waals surface area contributed by atoms with Crippen LogP contribution in [0.3, 0.4) is 0 Å². The fourth-order valence-corrected chi connectivity index (χ4v) is 5.10. The normalized spacial score (nSPS) is 19.4. The first-order valence-corrected chi connectivity index (χ1v) is 10.7. The highest BCUT2D eigenvalue weighted by Crippen LogP contribution is 2.20. The van der Waals surface area contributed by atoms with Gasteiger partial charge in [0.25, 0.3) is 0 Å². The summed E-state index contributed by atoms with van der Waals surface area (Å²) in [5.41, 5.74) is 0. The Kier molecular flexibility index (Phi) is 10.5. The molecule has 0 spiro atoms. The summed E-state index contributed by atoms with van der Waals surface area (Å²) in [5.74, 6) is 0. The smallest absolute Gasteiger partial charge is 0.376 e. The molecular formula is C16H34O5Si. The van der Waals surface area contributed by atoms with Crippen LogP contribution < -0.4 is 0 Å². The van der Waals surface area contributed by atoms with Crippen molar-refractivity contribution >= 4 is 8.80 Å². The second kappa shape index (κ2) is 11.5. The predicted molar refractivity (Wildman–Crippen MR) is 89.1 cm³/mol. The van der Waals surface area contributed by atoms with Crippen LogP contribution in [0, 0.1) is 0 Å². The molecule has 1 saturated heterocycles. The standard InChI is InChI=1S/C16H34O5Si/c1-5-8-12-22(19-6-2,20-7-3)21-11-9-10-15(4)17-13-16-14-18-16/h15-16H,5-14H2,1-4H3. The summed E-state index contributed by atoms with van der Waals surface area (Å²) in [4.78, 5) is 0. The summed E-state index contributed by atoms with van der Waals surface area (Å²) in [5, 5.41) is 0. The van der Waals surface area contributed by atoms with Crippen molar-refractivity contribution in [3.63, 3.8) is 0 Å². The molecule has 0 amide bonds. The third-order valence-electron chi connectivity index (χ3n) is 3.61. The molecule has 22 heavy (non-hydrogen) atoms. The molecule has 2 unspecified atom stereocenters. The Morgan fingerprint density at radius 2 is 1.77 bits per heavy atom. The van der Waals surface area contributed by atoms with Crippen LogP contribution in [0.15, 0.2) is 0 Å². The van der Waals surface area contributed by atoms with Crippen molar-refractivity contribution in [2.24, 2.45) is 0 Å². The van der Waals surface area contributed by atoms with E-state index in [1.54, 1.807) is 0 Å². The van der Waals surface area contributed by atoms with Gasteiger partial charge in [-0.1, -0.05) is 13.3 Å². The summed E-state index contributed by atoms with van der Waals surface area (Å²) in [6.45, 7) is 11.9. The number of unbranched alkanes of at least 4 members (excludes halogenated alkanes) is 1. The lowest BCUT2D eigenvalue weighted by atomic mass is 10.2. The van der Waals surface area contributed by atoms with Crippen molar-refractivity contribution in [2.45, 2.75) is 71.6 Å². The molecule has 132 valence electrons. The second-order valence-corrected chi connectivity index (χ2v) is 8.47. The molecule has 1 aliphatic rings. The molecule has 0 N–H and O–H groups in total. The van der Waals surface area contributed by atoms with E-state index in [9.17, 15) is 0 Å². The van der Waals surface area contributed by atoms with Crippen LogP contribution in [-0.4, -0.2) is 54.0 Å². The number of hydrogen-bond acceptors (Lipinski definition) is 5. The highest BCUT2D eigenvalue weighted by Gasteiger charge is 2.39. The Labute approximate surface area is 137 Å². The van der Waals surface area contributed by atoms with Crippen molar-refractivity contribution in [2.75, 3.05) is 33.0 Å². The van der Waals surface area contributed by atoms with Crippen LogP contribution in [-0.2, 0) is 22.8 Å². The van der Waals surface area contributed by atoms with Gasteiger partial charge in [-0.25, -0.2) is 0 Å². The molecule has 5 nitrogen and oxygen atoms in total. The maximum absolute atomic E-state index is 6.12. The molecule has 0 aromatic heterocycles. The topological polar surface area (TPSA) is 49.5 Å². The van der Waals surface area contributed by atoms with E-state index in [1.807, 2.05) is 13.8 Å². The first-order valence-electron chi connectivity index (χ1n) is 8.80. The van der Waals surface area contributed by atoms with E-state index in [4.69, 9.17) is 22.8 Å². The van der Waals surface area contributed by atoms with Crippen molar-refractivity contribution in [1.82, 2.24) is 0 Å². The predicted octanol–water partition coefficient (Wildman–Crippen LogP) is 3.40. The van der Waals surface area contributed by atoms with E-state index < -0.39 is 8.80 Å². The zero-order chi connectivity index (χ0) is 16.3. The first kappa shape index (κ1) is 20.1. The molecule has 0 radical (unpaired) electrons. The molecule has 1 heterocycles. The van der Waals surface area contributed by atoms with Crippen molar-refractivity contribution in [3.8, 4) is 0 Å². The van der Waals surface area contributed by atoms with Gasteiger partial charge in [-0.15, -0.1) is 0 Å². The molecule has 0 aliphatic carbocycles. The average molecular weight is 335 g/mol. The van der Waals surface area contributed by atoms with E-state index in [0.29, 0.717) is 25.9 Å². The van der Waals surface area contributed by atoms with Crippen LogP contribution in [0.1, 0.15) is 53.4 Å². The Morgan fingerprint density at radius 3 is 2.32 bits per heavy atom. The lowest BCUT2D eigenvalue weighted by Gasteiger charge is -2.29. The summed E-state index contributed by atoms with van der Waals surface area (Å²) in [6.07, 6.45) is 4.76. The fourth-order valence-electron chi connectivity index (χ4n) is 2.29. The zero-order valence-electron chi connectivity index (χ0n) is 14.8. The lowest BCUT2D eigenvalue weighted by molar-refractivity contribution is 0.0361. The maximum Gasteiger partial charge on any atom is 0.500 e. The molecule has 0 bridgehead atoms. The minimum Gasteiger partial charge on any atom is -0.376 e. The highest BCUT2D eigenvalue weighted by molar-refractivity contribution is 6.60. The van der Waals surface area contributed by atoms with Crippen LogP contribution in [0.4, 0.5) is 0 Å². The molecule has 2 atom stereocenters. The van der Waals surface area contributed by atoms with Gasteiger partial charge in [-0.3, -0.25) is 0 Å². The van der Waals surface area contributed by atoms with Crippen LogP contribution in [0.2, 0.25) is 6.04 Å². The Balaban J connectivity index is 2.24. The highest BCUT2D eigenvalue weighted by atomic mass is 28.4. The SMILES string of the molecule is CCCC[Si](OCC)(OCC)OCCCC(C)OCC1CO1. The summed E-state index contributed by atoms with van der Waals surface area (Å²) < 4.78 is 28.8. The zero-order valence-corrected chi connectivity index (χ0v) is 15.8. The van der Waals surface area contributed by atoms with Gasteiger partial charge in [-0.2, -0.15) is 0 Å². The fraction of sp³-hybridized carbons (Fsp3) is 1.00. The molecule has 1 fully saturated rings. The Bertz CT molecular complexity index is 267. The third-order valence-corrected chi connectivity index (χ3v) is 6.68. The lowest BCUT2D eigenvalue weighted by Crippen LogP contribution is -2.46. The molecule has 6 heteroatoms. The number of epoxide rings is 1. The quantitative estimate of drug-likeness (QED) is 0.261. The van der Waals surface area contributed by atoms with Gasteiger partial charge in [-0.05, 0) is 40.0 Å². The van der Waals surface area contributed by atoms with Gasteiger partial charge < -0.3 is 22.8 Å². The van der Waals surface area contributed by atoms with Gasteiger partial charge in [0.1, 0.15) is 6.10 Å². The Morgan fingerprint density at radius 1 is 1.09 bits per heavy atom. The summed E-state index contributed by atoms with van der Waals surface area (Å²) in [7, 11) is -2.48. The largest absolute Gasteiger partial charge is 0.500 e. The number of hydrogen-bond donors (Lipinski definition) is 0. The molecular weight excluding hydrogens is 300 g/mol. The summed E-state index contributed by atoms with van der Waals surface area (Å²) in [6, 6.07) is 0.913. The van der Waals surface area contributed by atoms with Gasteiger partial charge >= 0.3 is 8.80 Å². The van der Waals surface area contributed by atoms with Crippen molar-refractivity contribution in [1.29, 1.82) is 0 Å². The molecule has 1 aliphatic heterocycles. The van der Waals surface area contributed by atoms with Crippen LogP contribution in [0.5, 0.6) is 0 Å². The number of ether oxygens (including phenoxy) is 2. The van der Waals surface area contributed by atoms with E-state index in [2.05, 4.69) is 13.8 Å². The third kappa shape index (κ3) is 8.60. The molecule has 0 saturated carbocycles. The van der Waals surface area contributed by atoms with Crippen LogP contribution >= 0.6 is 0 Å². The maximum atomic E-state index is 6.12. The Hall–Kier alpha value is 0.0169. The van der Waals surface area contributed by atoms with E-state index in [0.717, 1.165) is 44.9 Å². The summed E-state index contributed by atoms with van der Waals surface area (Å²) >= 11 is 0.